The monoisotopic (exact) mass is 457 g/mol. The number of carboxylic acid groups (broad SMARTS) is 1. The highest BCUT2D eigenvalue weighted by atomic mass is 35.5. The van der Waals surface area contributed by atoms with Crippen molar-refractivity contribution in [1.29, 1.82) is 0 Å². The van der Waals surface area contributed by atoms with Gasteiger partial charge >= 0.3 is 12.1 Å². The van der Waals surface area contributed by atoms with Crippen LogP contribution in [-0.4, -0.2) is 47.8 Å². The number of hydrogen-bond donors (Lipinski definition) is 4. The molecule has 4 N–H and O–H groups in total. The number of fused-ring (bicyclic) bond motifs is 1. The van der Waals surface area contributed by atoms with E-state index in [-0.39, 0.29) is 25.0 Å². The van der Waals surface area contributed by atoms with Crippen molar-refractivity contribution in [3.05, 3.63) is 59.8 Å². The lowest BCUT2D eigenvalue weighted by molar-refractivity contribution is 0.194. The molecule has 2 aromatic carbocycles. The summed E-state index contributed by atoms with van der Waals surface area (Å²) < 4.78 is 0. The summed E-state index contributed by atoms with van der Waals surface area (Å²) in [6.45, 7) is 3.33. The number of nitrogens with one attached hydrogen (secondary N) is 3. The molecule has 0 fully saturated rings. The maximum absolute atomic E-state index is 12.0. The maximum atomic E-state index is 12.0. The average molecular weight is 458 g/mol. The second-order valence-electron chi connectivity index (χ2n) is 7.47. The normalized spacial score (nSPS) is 10.5. The third-order valence-corrected chi connectivity index (χ3v) is 4.74. The molecule has 1 aromatic heterocycles. The number of urea groups is 1. The fourth-order valence-electron chi connectivity index (χ4n) is 3.47. The van der Waals surface area contributed by atoms with E-state index in [4.69, 9.17) is 5.11 Å². The van der Waals surface area contributed by atoms with Crippen LogP contribution in [-0.2, 0) is 13.1 Å². The molecule has 3 rings (SSSR count). The van der Waals surface area contributed by atoms with Crippen LogP contribution in [0.25, 0.3) is 21.9 Å². The smallest absolute Gasteiger partial charge is 0.404 e. The van der Waals surface area contributed by atoms with E-state index in [0.717, 1.165) is 34.0 Å². The number of nitrogens with zero attached hydrogens (tertiary/aromatic N) is 2. The fraction of sp³-hybridized carbons (Fsp3) is 0.261. The van der Waals surface area contributed by atoms with Gasteiger partial charge in [0.05, 0.1) is 0 Å². The van der Waals surface area contributed by atoms with Gasteiger partial charge in [0, 0.05) is 31.2 Å². The molecule has 0 atom stereocenters. The Labute approximate surface area is 193 Å². The lowest BCUT2D eigenvalue weighted by Crippen LogP contribution is -2.28. The van der Waals surface area contributed by atoms with Crippen molar-refractivity contribution in [1.82, 2.24) is 20.5 Å². The molecule has 9 heteroatoms. The molecule has 0 saturated carbocycles. The summed E-state index contributed by atoms with van der Waals surface area (Å²) in [5, 5.41) is 18.5. The second kappa shape index (κ2) is 11.3. The summed E-state index contributed by atoms with van der Waals surface area (Å²) in [7, 11) is 4.05. The summed E-state index contributed by atoms with van der Waals surface area (Å²) >= 11 is 0. The highest BCUT2D eigenvalue weighted by Crippen LogP contribution is 2.32. The van der Waals surface area contributed by atoms with Gasteiger partial charge < -0.3 is 20.6 Å². The Morgan fingerprint density at radius 1 is 1.06 bits per heavy atom. The third-order valence-electron chi connectivity index (χ3n) is 4.74. The van der Waals surface area contributed by atoms with Gasteiger partial charge in [-0.2, -0.15) is 0 Å². The van der Waals surface area contributed by atoms with E-state index >= 15 is 0 Å². The van der Waals surface area contributed by atoms with Gasteiger partial charge in [0.2, 0.25) is 0 Å². The molecule has 3 amide bonds. The molecule has 0 bridgehead atoms. The van der Waals surface area contributed by atoms with Gasteiger partial charge in [0.15, 0.2) is 0 Å². The van der Waals surface area contributed by atoms with E-state index in [0.29, 0.717) is 12.4 Å². The molecule has 0 aliphatic carbocycles. The third kappa shape index (κ3) is 6.32. The molecule has 0 spiro atoms. The molecule has 170 valence electrons. The molecule has 0 unspecified atom stereocenters. The van der Waals surface area contributed by atoms with E-state index in [9.17, 15) is 9.59 Å². The minimum Gasteiger partial charge on any atom is -0.465 e. The summed E-state index contributed by atoms with van der Waals surface area (Å²) in [5.74, 6) is 0.424. The largest absolute Gasteiger partial charge is 0.465 e. The van der Waals surface area contributed by atoms with Crippen LogP contribution in [0, 0.1) is 0 Å². The summed E-state index contributed by atoms with van der Waals surface area (Å²) in [6.07, 6.45) is 0.583. The first kappa shape index (κ1) is 24.9. The number of aromatic nitrogens is 1. The second-order valence-corrected chi connectivity index (χ2v) is 7.47. The van der Waals surface area contributed by atoms with Crippen molar-refractivity contribution in [2.45, 2.75) is 20.0 Å². The highest BCUT2D eigenvalue weighted by Gasteiger charge is 2.12. The van der Waals surface area contributed by atoms with Crippen LogP contribution in [0.15, 0.2) is 48.7 Å². The Morgan fingerprint density at radius 2 is 1.84 bits per heavy atom. The fourth-order valence-corrected chi connectivity index (χ4v) is 3.47. The zero-order chi connectivity index (χ0) is 22.4. The van der Waals surface area contributed by atoms with Gasteiger partial charge in [-0.1, -0.05) is 30.3 Å². The first-order valence-corrected chi connectivity index (χ1v) is 10.0. The number of benzene rings is 2. The van der Waals surface area contributed by atoms with Gasteiger partial charge in [-0.25, -0.2) is 14.6 Å². The Balaban J connectivity index is 0.00000363. The number of rotatable bonds is 7. The predicted molar refractivity (Wildman–Crippen MR) is 129 cm³/mol. The zero-order valence-corrected chi connectivity index (χ0v) is 19.1. The topological polar surface area (TPSA) is 107 Å². The molecule has 32 heavy (non-hydrogen) atoms. The van der Waals surface area contributed by atoms with Gasteiger partial charge in [0.1, 0.15) is 5.82 Å². The Morgan fingerprint density at radius 3 is 2.53 bits per heavy atom. The van der Waals surface area contributed by atoms with Gasteiger partial charge in [-0.3, -0.25) is 5.32 Å². The number of halogens is 1. The molecule has 1 heterocycles. The molecule has 0 aliphatic heterocycles. The van der Waals surface area contributed by atoms with Gasteiger partial charge in [-0.15, -0.1) is 12.4 Å². The van der Waals surface area contributed by atoms with Crippen LogP contribution >= 0.6 is 12.4 Å². The van der Waals surface area contributed by atoms with E-state index in [2.05, 4.69) is 38.0 Å². The SMILES string of the molecule is CCNC(=O)Nc1cc2c(-c3cccc(CN(C)C)c3)ccc(CNC(=O)O)c2cn1.Cl. The number of pyridine rings is 1. The van der Waals surface area contributed by atoms with Crippen LogP contribution in [0.2, 0.25) is 0 Å². The number of anilines is 1. The Bertz CT molecular complexity index is 1100. The quantitative estimate of drug-likeness (QED) is 0.423. The van der Waals surface area contributed by atoms with Crippen molar-refractivity contribution < 1.29 is 14.7 Å². The van der Waals surface area contributed by atoms with E-state index in [1.807, 2.05) is 51.4 Å². The van der Waals surface area contributed by atoms with Crippen LogP contribution in [0.3, 0.4) is 0 Å². The average Bonchev–Trinajstić information content (AvgIpc) is 2.71. The minimum atomic E-state index is -1.09. The summed E-state index contributed by atoms with van der Waals surface area (Å²) in [6, 6.07) is 13.7. The predicted octanol–water partition coefficient (Wildman–Crippen LogP) is 4.29. The Hall–Kier alpha value is -3.36. The Kier molecular flexibility index (Phi) is 8.80. The van der Waals surface area contributed by atoms with Crippen LogP contribution in [0.5, 0.6) is 0 Å². The van der Waals surface area contributed by atoms with E-state index < -0.39 is 6.09 Å². The van der Waals surface area contributed by atoms with Crippen molar-refractivity contribution in [2.75, 3.05) is 26.0 Å². The molecule has 3 aromatic rings. The minimum absolute atomic E-state index is 0. The van der Waals surface area contributed by atoms with E-state index in [1.54, 1.807) is 6.20 Å². The van der Waals surface area contributed by atoms with Crippen molar-refractivity contribution >= 4 is 41.1 Å². The van der Waals surface area contributed by atoms with Crippen LogP contribution < -0.4 is 16.0 Å². The lowest BCUT2D eigenvalue weighted by atomic mass is 9.95. The zero-order valence-electron chi connectivity index (χ0n) is 18.3. The molecule has 0 saturated heterocycles. The molecule has 0 aliphatic rings. The maximum Gasteiger partial charge on any atom is 0.404 e. The van der Waals surface area contributed by atoms with Crippen molar-refractivity contribution in [3.8, 4) is 11.1 Å². The number of carbonyl (C=O) groups is 2. The molecule has 8 nitrogen and oxygen atoms in total. The summed E-state index contributed by atoms with van der Waals surface area (Å²) in [5.41, 5.74) is 4.01. The standard InChI is InChI=1S/C23H27N5O3.ClH/c1-4-24-22(29)27-21-11-19-18(16-7-5-6-15(10-16)14-28(2)3)9-8-17(12-26-23(30)31)20(19)13-25-21;/h5-11,13,26H,4,12,14H2,1-3H3,(H,30,31)(H2,24,25,27,29);1H. The van der Waals surface area contributed by atoms with Crippen molar-refractivity contribution in [3.63, 3.8) is 0 Å². The highest BCUT2D eigenvalue weighted by molar-refractivity contribution is 6.01. The number of carbonyl (C=O) groups excluding carboxylic acids is 1. The first-order valence-electron chi connectivity index (χ1n) is 10.0. The van der Waals surface area contributed by atoms with Gasteiger partial charge in [0.25, 0.3) is 0 Å². The first-order chi connectivity index (χ1) is 14.9. The van der Waals surface area contributed by atoms with Crippen LogP contribution in [0.1, 0.15) is 18.1 Å². The molecule has 0 radical (unpaired) electrons. The summed E-state index contributed by atoms with van der Waals surface area (Å²) in [4.78, 5) is 29.4. The molecular formula is C23H28ClN5O3. The van der Waals surface area contributed by atoms with Gasteiger partial charge in [-0.05, 0) is 60.8 Å². The van der Waals surface area contributed by atoms with E-state index in [1.165, 1.54) is 5.56 Å². The van der Waals surface area contributed by atoms with Crippen molar-refractivity contribution in [2.24, 2.45) is 0 Å². The lowest BCUT2D eigenvalue weighted by Gasteiger charge is -2.15. The number of hydrogen-bond acceptors (Lipinski definition) is 4. The van der Waals surface area contributed by atoms with Crippen LogP contribution in [0.4, 0.5) is 15.4 Å². The number of amides is 3. The molecular weight excluding hydrogens is 430 g/mol.